The lowest BCUT2D eigenvalue weighted by atomic mass is 10.0. The summed E-state index contributed by atoms with van der Waals surface area (Å²) in [6.07, 6.45) is -1.07. The van der Waals surface area contributed by atoms with E-state index in [4.69, 9.17) is 5.73 Å². The van der Waals surface area contributed by atoms with Gasteiger partial charge in [-0.2, -0.15) is 9.78 Å². The lowest BCUT2D eigenvalue weighted by Crippen LogP contribution is -2.39. The zero-order chi connectivity index (χ0) is 16.4. The molecule has 0 radical (unpaired) electrons. The molecule has 4 N–H and O–H groups in total. The standard InChI is InChI=1S/C16H20N4O3/c17-8-12(21)9-19-7-6-14-13(10-19)15(18-20(14)16(22)23)11-4-2-1-3-5-11/h1-5,12,21H,6-10,17H2,(H,22,23). The Hall–Kier alpha value is -2.22. The summed E-state index contributed by atoms with van der Waals surface area (Å²) in [5, 5.41) is 23.4. The minimum Gasteiger partial charge on any atom is -0.463 e. The van der Waals surface area contributed by atoms with Gasteiger partial charge in [-0.05, 0) is 0 Å². The maximum atomic E-state index is 11.5. The third-order valence-corrected chi connectivity index (χ3v) is 4.11. The topological polar surface area (TPSA) is 105 Å². The SMILES string of the molecule is NCC(O)CN1CCc2c(c(-c3ccccc3)nn2C(=O)O)C1. The number of carbonyl (C=O) groups is 1. The van der Waals surface area contributed by atoms with Crippen LogP contribution in [-0.2, 0) is 13.0 Å². The van der Waals surface area contributed by atoms with Crippen LogP contribution in [0.2, 0.25) is 0 Å². The Bertz CT molecular complexity index is 699. The van der Waals surface area contributed by atoms with Crippen molar-refractivity contribution in [2.45, 2.75) is 19.1 Å². The summed E-state index contributed by atoms with van der Waals surface area (Å²) in [5.74, 6) is 0. The molecule has 0 amide bonds. The van der Waals surface area contributed by atoms with E-state index in [0.29, 0.717) is 31.7 Å². The molecule has 1 aromatic carbocycles. The van der Waals surface area contributed by atoms with Crippen LogP contribution in [0.1, 0.15) is 11.3 Å². The second-order valence-corrected chi connectivity index (χ2v) is 5.71. The summed E-state index contributed by atoms with van der Waals surface area (Å²) in [6.45, 7) is 1.92. The molecule has 1 aliphatic heterocycles. The van der Waals surface area contributed by atoms with Crippen molar-refractivity contribution in [3.63, 3.8) is 0 Å². The molecule has 1 aromatic heterocycles. The van der Waals surface area contributed by atoms with Crippen LogP contribution in [0.3, 0.4) is 0 Å². The van der Waals surface area contributed by atoms with Crippen molar-refractivity contribution in [2.75, 3.05) is 19.6 Å². The van der Waals surface area contributed by atoms with E-state index in [0.717, 1.165) is 21.5 Å². The first kappa shape index (κ1) is 15.7. The maximum Gasteiger partial charge on any atom is 0.432 e. The lowest BCUT2D eigenvalue weighted by molar-refractivity contribution is 0.111. The Balaban J connectivity index is 1.98. The van der Waals surface area contributed by atoms with E-state index in [1.807, 2.05) is 30.3 Å². The smallest absolute Gasteiger partial charge is 0.432 e. The summed E-state index contributed by atoms with van der Waals surface area (Å²) in [6, 6.07) is 9.56. The first-order valence-corrected chi connectivity index (χ1v) is 7.60. The van der Waals surface area contributed by atoms with Gasteiger partial charge in [-0.25, -0.2) is 4.79 Å². The number of nitrogens with two attached hydrogens (primary N) is 1. The van der Waals surface area contributed by atoms with Gasteiger partial charge in [-0.15, -0.1) is 0 Å². The van der Waals surface area contributed by atoms with Crippen LogP contribution in [0.5, 0.6) is 0 Å². The molecule has 7 nitrogen and oxygen atoms in total. The normalized spacial score (nSPS) is 16.1. The Morgan fingerprint density at radius 3 is 2.74 bits per heavy atom. The van der Waals surface area contributed by atoms with Crippen molar-refractivity contribution in [3.05, 3.63) is 41.6 Å². The van der Waals surface area contributed by atoms with E-state index in [1.165, 1.54) is 0 Å². The van der Waals surface area contributed by atoms with Gasteiger partial charge in [0, 0.05) is 43.7 Å². The summed E-state index contributed by atoms with van der Waals surface area (Å²) >= 11 is 0. The van der Waals surface area contributed by atoms with E-state index in [2.05, 4.69) is 10.00 Å². The average molecular weight is 316 g/mol. The highest BCUT2D eigenvalue weighted by molar-refractivity contribution is 5.73. The number of β-amino-alcohol motifs (C(OH)–C–C–N with tert-alkyl or cyclic N) is 1. The van der Waals surface area contributed by atoms with Gasteiger partial charge in [-0.1, -0.05) is 30.3 Å². The monoisotopic (exact) mass is 316 g/mol. The van der Waals surface area contributed by atoms with Gasteiger partial charge < -0.3 is 15.9 Å². The highest BCUT2D eigenvalue weighted by Crippen LogP contribution is 2.30. The van der Waals surface area contributed by atoms with E-state index >= 15 is 0 Å². The number of benzene rings is 1. The second-order valence-electron chi connectivity index (χ2n) is 5.71. The van der Waals surface area contributed by atoms with Crippen molar-refractivity contribution in [2.24, 2.45) is 5.73 Å². The number of hydrogen-bond donors (Lipinski definition) is 3. The van der Waals surface area contributed by atoms with Gasteiger partial charge in [0.25, 0.3) is 0 Å². The van der Waals surface area contributed by atoms with Crippen molar-refractivity contribution in [3.8, 4) is 11.3 Å². The molecule has 0 aliphatic carbocycles. The van der Waals surface area contributed by atoms with E-state index in [9.17, 15) is 15.0 Å². The number of fused-ring (bicyclic) bond motifs is 1. The number of rotatable bonds is 4. The Morgan fingerprint density at radius 1 is 1.35 bits per heavy atom. The third-order valence-electron chi connectivity index (χ3n) is 4.11. The van der Waals surface area contributed by atoms with Crippen molar-refractivity contribution < 1.29 is 15.0 Å². The zero-order valence-electron chi connectivity index (χ0n) is 12.7. The maximum absolute atomic E-state index is 11.5. The van der Waals surface area contributed by atoms with Gasteiger partial charge >= 0.3 is 6.09 Å². The molecule has 2 heterocycles. The van der Waals surface area contributed by atoms with Crippen molar-refractivity contribution in [1.82, 2.24) is 14.7 Å². The Morgan fingerprint density at radius 2 is 2.09 bits per heavy atom. The molecule has 0 spiro atoms. The van der Waals surface area contributed by atoms with E-state index in [-0.39, 0.29) is 6.54 Å². The number of carboxylic acid groups (broad SMARTS) is 1. The molecule has 0 saturated carbocycles. The molecule has 1 atom stereocenters. The summed E-state index contributed by atoms with van der Waals surface area (Å²) in [7, 11) is 0. The van der Waals surface area contributed by atoms with Crippen LogP contribution in [0.25, 0.3) is 11.3 Å². The highest BCUT2D eigenvalue weighted by Gasteiger charge is 2.28. The van der Waals surface area contributed by atoms with Crippen molar-refractivity contribution in [1.29, 1.82) is 0 Å². The van der Waals surface area contributed by atoms with Crippen LogP contribution >= 0.6 is 0 Å². The minimum absolute atomic E-state index is 0.212. The summed E-state index contributed by atoms with van der Waals surface area (Å²) in [5.41, 5.74) is 8.70. The van der Waals surface area contributed by atoms with Crippen LogP contribution in [0.4, 0.5) is 4.79 Å². The predicted molar refractivity (Wildman–Crippen MR) is 85.1 cm³/mol. The first-order chi connectivity index (χ1) is 11.1. The Kier molecular flexibility index (Phi) is 4.42. The van der Waals surface area contributed by atoms with Gasteiger partial charge in [0.2, 0.25) is 0 Å². The number of hydrogen-bond acceptors (Lipinski definition) is 5. The molecule has 0 bridgehead atoms. The predicted octanol–water partition coefficient (Wildman–Crippen LogP) is 0.754. The number of aromatic nitrogens is 2. The largest absolute Gasteiger partial charge is 0.463 e. The fourth-order valence-electron chi connectivity index (χ4n) is 2.99. The number of aliphatic hydroxyl groups is 1. The lowest BCUT2D eigenvalue weighted by Gasteiger charge is -2.28. The molecule has 1 unspecified atom stereocenters. The summed E-state index contributed by atoms with van der Waals surface area (Å²) in [4.78, 5) is 13.5. The average Bonchev–Trinajstić information content (AvgIpc) is 2.94. The molecular formula is C16H20N4O3. The molecular weight excluding hydrogens is 296 g/mol. The molecule has 1 aliphatic rings. The quantitative estimate of drug-likeness (QED) is 0.769. The molecule has 122 valence electrons. The molecule has 3 rings (SSSR count). The van der Waals surface area contributed by atoms with Crippen LogP contribution < -0.4 is 5.73 Å². The van der Waals surface area contributed by atoms with Gasteiger partial charge in [0.1, 0.15) is 0 Å². The second kappa shape index (κ2) is 6.49. The zero-order valence-corrected chi connectivity index (χ0v) is 12.7. The molecule has 0 saturated heterocycles. The first-order valence-electron chi connectivity index (χ1n) is 7.60. The third kappa shape index (κ3) is 3.12. The van der Waals surface area contributed by atoms with Crippen LogP contribution in [-0.4, -0.2) is 56.7 Å². The molecule has 0 fully saturated rings. The van der Waals surface area contributed by atoms with Gasteiger partial charge in [0.05, 0.1) is 17.5 Å². The van der Waals surface area contributed by atoms with E-state index < -0.39 is 12.2 Å². The van der Waals surface area contributed by atoms with Gasteiger partial charge in [-0.3, -0.25) is 4.90 Å². The fraction of sp³-hybridized carbons (Fsp3) is 0.375. The Labute approximate surface area is 133 Å². The number of nitrogens with zero attached hydrogens (tertiary/aromatic N) is 3. The van der Waals surface area contributed by atoms with E-state index in [1.54, 1.807) is 0 Å². The highest BCUT2D eigenvalue weighted by atomic mass is 16.4. The van der Waals surface area contributed by atoms with Gasteiger partial charge in [0.15, 0.2) is 0 Å². The fourth-order valence-corrected chi connectivity index (χ4v) is 2.99. The van der Waals surface area contributed by atoms with Crippen molar-refractivity contribution >= 4 is 6.09 Å². The molecule has 23 heavy (non-hydrogen) atoms. The molecule has 2 aromatic rings. The minimum atomic E-state index is -1.07. The summed E-state index contributed by atoms with van der Waals surface area (Å²) < 4.78 is 1.08. The van der Waals surface area contributed by atoms with Crippen LogP contribution in [0, 0.1) is 0 Å². The molecule has 7 heteroatoms. The van der Waals surface area contributed by atoms with Crippen LogP contribution in [0.15, 0.2) is 30.3 Å². The number of aliphatic hydroxyl groups excluding tert-OH is 1.